The van der Waals surface area contributed by atoms with Crippen LogP contribution in [0.15, 0.2) is 42.5 Å². The van der Waals surface area contributed by atoms with Gasteiger partial charge in [-0.15, -0.1) is 0 Å². The van der Waals surface area contributed by atoms with Gasteiger partial charge in [-0.05, 0) is 62.6 Å². The molecule has 5 nitrogen and oxygen atoms in total. The van der Waals surface area contributed by atoms with Crippen LogP contribution in [0.1, 0.15) is 43.4 Å². The minimum absolute atomic E-state index is 0.0190. The van der Waals surface area contributed by atoms with E-state index < -0.39 is 0 Å². The molecule has 2 aliphatic rings. The molecule has 0 N–H and O–H groups in total. The van der Waals surface area contributed by atoms with Crippen LogP contribution in [-0.2, 0) is 17.8 Å². The molecule has 1 atom stereocenters. The lowest BCUT2D eigenvalue weighted by molar-refractivity contribution is -0.127. The van der Waals surface area contributed by atoms with Gasteiger partial charge in [0.25, 0.3) is 0 Å². The first kappa shape index (κ1) is 20.3. The fourth-order valence-corrected chi connectivity index (χ4v) is 3.82. The van der Waals surface area contributed by atoms with Crippen molar-refractivity contribution in [2.45, 2.75) is 51.8 Å². The summed E-state index contributed by atoms with van der Waals surface area (Å²) >= 11 is 0. The Hall–Kier alpha value is -2.95. The van der Waals surface area contributed by atoms with Crippen LogP contribution in [0, 0.1) is 0 Å². The molecule has 4 rings (SSSR count). The zero-order valence-corrected chi connectivity index (χ0v) is 17.9. The van der Waals surface area contributed by atoms with Gasteiger partial charge in [-0.1, -0.05) is 12.1 Å². The van der Waals surface area contributed by atoms with Crippen molar-refractivity contribution in [1.82, 2.24) is 4.90 Å². The van der Waals surface area contributed by atoms with E-state index in [0.717, 1.165) is 53.2 Å². The molecule has 1 fully saturated rings. The summed E-state index contributed by atoms with van der Waals surface area (Å²) in [6.07, 6.45) is 6.68. The second-order valence-corrected chi connectivity index (χ2v) is 7.94. The summed E-state index contributed by atoms with van der Waals surface area (Å²) in [5.41, 5.74) is 3.13. The first-order valence-electron chi connectivity index (χ1n) is 10.7. The van der Waals surface area contributed by atoms with Crippen molar-refractivity contribution >= 4 is 12.0 Å². The maximum atomic E-state index is 13.0. The molecule has 1 heterocycles. The third kappa shape index (κ3) is 4.61. The van der Waals surface area contributed by atoms with Crippen LogP contribution in [0.25, 0.3) is 6.08 Å². The highest BCUT2D eigenvalue weighted by Crippen LogP contribution is 2.36. The van der Waals surface area contributed by atoms with Crippen molar-refractivity contribution in [3.63, 3.8) is 0 Å². The van der Waals surface area contributed by atoms with Gasteiger partial charge in [0.2, 0.25) is 5.91 Å². The Morgan fingerprint density at radius 2 is 2.00 bits per heavy atom. The first-order valence-corrected chi connectivity index (χ1v) is 10.7. The Morgan fingerprint density at radius 1 is 1.23 bits per heavy atom. The van der Waals surface area contributed by atoms with Gasteiger partial charge in [-0.3, -0.25) is 4.79 Å². The topological polar surface area (TPSA) is 48.0 Å². The molecule has 0 bridgehead atoms. The zero-order chi connectivity index (χ0) is 21.1. The largest absolute Gasteiger partial charge is 0.497 e. The second-order valence-electron chi connectivity index (χ2n) is 7.94. The molecule has 2 aromatic rings. The standard InChI is InChI=1S/C25H29NO4/c1-4-29-23-15-20-13-17(2)30-24(20)14-19(23)7-12-25(27)26(21-8-9-21)16-18-5-10-22(28-3)11-6-18/h5-7,10-12,14-15,17,21H,4,8-9,13,16H2,1-3H3/b12-7+/t17-/m0/s1. The Labute approximate surface area is 178 Å². The van der Waals surface area contributed by atoms with Crippen LogP contribution < -0.4 is 14.2 Å². The number of carbonyl (C=O) groups excluding carboxylic acids is 1. The van der Waals surface area contributed by atoms with E-state index in [1.807, 2.05) is 54.3 Å². The van der Waals surface area contributed by atoms with E-state index in [9.17, 15) is 4.79 Å². The van der Waals surface area contributed by atoms with Gasteiger partial charge in [-0.2, -0.15) is 0 Å². The number of hydrogen-bond donors (Lipinski definition) is 0. The number of amides is 1. The van der Waals surface area contributed by atoms with Gasteiger partial charge >= 0.3 is 0 Å². The molecule has 1 aliphatic heterocycles. The highest BCUT2D eigenvalue weighted by molar-refractivity contribution is 5.92. The first-order chi connectivity index (χ1) is 14.6. The van der Waals surface area contributed by atoms with E-state index in [2.05, 4.69) is 6.92 Å². The van der Waals surface area contributed by atoms with Crippen LogP contribution in [0.2, 0.25) is 0 Å². The summed E-state index contributed by atoms with van der Waals surface area (Å²) in [7, 11) is 1.65. The number of fused-ring (bicyclic) bond motifs is 1. The molecule has 1 saturated carbocycles. The number of methoxy groups -OCH3 is 1. The number of carbonyl (C=O) groups is 1. The molecule has 0 unspecified atom stereocenters. The molecular formula is C25H29NO4. The normalized spacial score (nSPS) is 17.5. The summed E-state index contributed by atoms with van der Waals surface area (Å²) < 4.78 is 16.9. The molecule has 0 radical (unpaired) electrons. The summed E-state index contributed by atoms with van der Waals surface area (Å²) in [5, 5.41) is 0. The number of ether oxygens (including phenoxy) is 3. The maximum absolute atomic E-state index is 13.0. The van der Waals surface area contributed by atoms with Crippen molar-refractivity contribution in [2.24, 2.45) is 0 Å². The molecular weight excluding hydrogens is 378 g/mol. The quantitative estimate of drug-likeness (QED) is 0.599. The lowest BCUT2D eigenvalue weighted by Gasteiger charge is -2.21. The van der Waals surface area contributed by atoms with E-state index >= 15 is 0 Å². The highest BCUT2D eigenvalue weighted by atomic mass is 16.5. The van der Waals surface area contributed by atoms with Gasteiger partial charge < -0.3 is 19.1 Å². The van der Waals surface area contributed by atoms with Crippen LogP contribution in [0.4, 0.5) is 0 Å². The monoisotopic (exact) mass is 407 g/mol. The van der Waals surface area contributed by atoms with E-state index in [0.29, 0.717) is 19.2 Å². The molecule has 0 spiro atoms. The van der Waals surface area contributed by atoms with E-state index in [-0.39, 0.29) is 12.0 Å². The summed E-state index contributed by atoms with van der Waals surface area (Å²) in [6.45, 7) is 5.21. The van der Waals surface area contributed by atoms with Crippen molar-refractivity contribution in [3.8, 4) is 17.2 Å². The predicted octanol–water partition coefficient (Wildman–Crippen LogP) is 4.62. The number of rotatable bonds is 8. The molecule has 158 valence electrons. The molecule has 1 amide bonds. The molecule has 1 aliphatic carbocycles. The number of benzene rings is 2. The van der Waals surface area contributed by atoms with Crippen LogP contribution >= 0.6 is 0 Å². The maximum Gasteiger partial charge on any atom is 0.247 e. The second kappa shape index (κ2) is 8.82. The van der Waals surface area contributed by atoms with Crippen molar-refractivity contribution < 1.29 is 19.0 Å². The Morgan fingerprint density at radius 3 is 2.67 bits per heavy atom. The summed E-state index contributed by atoms with van der Waals surface area (Å²) in [6, 6.07) is 12.2. The van der Waals surface area contributed by atoms with Gasteiger partial charge in [0.1, 0.15) is 23.4 Å². The highest BCUT2D eigenvalue weighted by Gasteiger charge is 2.31. The van der Waals surface area contributed by atoms with Gasteiger partial charge in [0.05, 0.1) is 13.7 Å². The molecule has 2 aromatic carbocycles. The molecule has 30 heavy (non-hydrogen) atoms. The smallest absolute Gasteiger partial charge is 0.247 e. The predicted molar refractivity (Wildman–Crippen MR) is 117 cm³/mol. The Kier molecular flexibility index (Phi) is 5.98. The van der Waals surface area contributed by atoms with E-state index in [1.54, 1.807) is 13.2 Å². The fraction of sp³-hybridized carbons (Fsp3) is 0.400. The lowest BCUT2D eigenvalue weighted by atomic mass is 10.1. The average molecular weight is 408 g/mol. The van der Waals surface area contributed by atoms with Crippen LogP contribution in [-0.4, -0.2) is 36.7 Å². The van der Waals surface area contributed by atoms with Crippen LogP contribution in [0.3, 0.4) is 0 Å². The minimum Gasteiger partial charge on any atom is -0.497 e. The van der Waals surface area contributed by atoms with E-state index in [1.165, 1.54) is 0 Å². The van der Waals surface area contributed by atoms with Crippen molar-refractivity contribution in [3.05, 3.63) is 59.2 Å². The van der Waals surface area contributed by atoms with Crippen molar-refractivity contribution in [2.75, 3.05) is 13.7 Å². The minimum atomic E-state index is 0.0190. The Balaban J connectivity index is 1.51. The van der Waals surface area contributed by atoms with Crippen molar-refractivity contribution in [1.29, 1.82) is 0 Å². The summed E-state index contributed by atoms with van der Waals surface area (Å²) in [5.74, 6) is 2.52. The number of hydrogen-bond acceptors (Lipinski definition) is 4. The van der Waals surface area contributed by atoms with Crippen LogP contribution in [0.5, 0.6) is 17.2 Å². The lowest BCUT2D eigenvalue weighted by Crippen LogP contribution is -2.31. The zero-order valence-electron chi connectivity index (χ0n) is 17.9. The molecule has 5 heteroatoms. The van der Waals surface area contributed by atoms with Gasteiger partial charge in [0.15, 0.2) is 0 Å². The molecule has 0 saturated heterocycles. The third-order valence-electron chi connectivity index (χ3n) is 5.52. The van der Waals surface area contributed by atoms with Gasteiger partial charge in [0, 0.05) is 36.2 Å². The Bertz CT molecular complexity index is 931. The van der Waals surface area contributed by atoms with E-state index in [4.69, 9.17) is 14.2 Å². The summed E-state index contributed by atoms with van der Waals surface area (Å²) in [4.78, 5) is 15.0. The average Bonchev–Trinajstić information content (AvgIpc) is 3.52. The molecule has 0 aromatic heterocycles. The fourth-order valence-electron chi connectivity index (χ4n) is 3.82. The third-order valence-corrected chi connectivity index (χ3v) is 5.52. The van der Waals surface area contributed by atoms with Gasteiger partial charge in [-0.25, -0.2) is 0 Å². The SMILES string of the molecule is CCOc1cc2c(cc1/C=C/C(=O)N(Cc1ccc(OC)cc1)C1CC1)O[C@@H](C)C2. The number of nitrogens with zero attached hydrogens (tertiary/aromatic N) is 1.